The summed E-state index contributed by atoms with van der Waals surface area (Å²) in [5.41, 5.74) is 0.922. The van der Waals surface area contributed by atoms with Crippen LogP contribution in [0.4, 0.5) is 0 Å². The molecular formula is C14H22Cl2N2OS. The smallest absolute Gasteiger partial charge is 0.147 e. The summed E-state index contributed by atoms with van der Waals surface area (Å²) in [6, 6.07) is 1.77. The van der Waals surface area contributed by atoms with Crippen molar-refractivity contribution in [3.05, 3.63) is 28.0 Å². The van der Waals surface area contributed by atoms with E-state index in [1.54, 1.807) is 12.3 Å². The first-order valence-electron chi connectivity index (χ1n) is 6.74. The summed E-state index contributed by atoms with van der Waals surface area (Å²) in [5.74, 6) is 0. The summed E-state index contributed by atoms with van der Waals surface area (Å²) < 4.78 is 15.2. The second-order valence-electron chi connectivity index (χ2n) is 5.74. The number of aromatic nitrogens is 1. The molecule has 1 aromatic rings. The molecule has 114 valence electrons. The van der Waals surface area contributed by atoms with E-state index >= 15 is 0 Å². The molecule has 0 amide bonds. The average molecular weight is 337 g/mol. The Hall–Kier alpha value is -0.0000000000000000555. The van der Waals surface area contributed by atoms with Gasteiger partial charge in [0, 0.05) is 17.6 Å². The van der Waals surface area contributed by atoms with E-state index in [9.17, 15) is 4.55 Å². The Bertz CT molecular complexity index is 438. The van der Waals surface area contributed by atoms with Crippen LogP contribution in [0.1, 0.15) is 58.6 Å². The molecular weight excluding hydrogens is 315 g/mol. The lowest BCUT2D eigenvalue weighted by atomic mass is 10.0. The van der Waals surface area contributed by atoms with Crippen molar-refractivity contribution in [3.63, 3.8) is 0 Å². The van der Waals surface area contributed by atoms with Crippen LogP contribution in [0.2, 0.25) is 10.2 Å². The van der Waals surface area contributed by atoms with Gasteiger partial charge in [-0.05, 0) is 38.8 Å². The number of hydrogen-bond donors (Lipinski definition) is 1. The highest BCUT2D eigenvalue weighted by molar-refractivity contribution is 7.90. The zero-order chi connectivity index (χ0) is 15.3. The normalized spacial score (nSPS) is 15.2. The van der Waals surface area contributed by atoms with Gasteiger partial charge in [0.05, 0.1) is 11.1 Å². The minimum Gasteiger partial charge on any atom is -0.598 e. The van der Waals surface area contributed by atoms with E-state index in [1.807, 2.05) is 20.8 Å². The highest BCUT2D eigenvalue weighted by Crippen LogP contribution is 2.28. The van der Waals surface area contributed by atoms with E-state index in [0.29, 0.717) is 10.2 Å². The predicted octanol–water partition coefficient (Wildman–Crippen LogP) is 4.67. The number of rotatable bonds is 6. The molecule has 3 nitrogen and oxygen atoms in total. The molecule has 1 heterocycles. The first-order valence-corrected chi connectivity index (χ1v) is 8.65. The summed E-state index contributed by atoms with van der Waals surface area (Å²) in [6.07, 6.45) is 4.70. The van der Waals surface area contributed by atoms with Crippen molar-refractivity contribution in [2.24, 2.45) is 0 Å². The van der Waals surface area contributed by atoms with Crippen LogP contribution in [0.3, 0.4) is 0 Å². The summed E-state index contributed by atoms with van der Waals surface area (Å²) in [7, 11) is 0. The maximum atomic E-state index is 12.3. The Morgan fingerprint density at radius 1 is 1.40 bits per heavy atom. The van der Waals surface area contributed by atoms with Crippen LogP contribution in [0.25, 0.3) is 0 Å². The number of unbranched alkanes of at least 4 members (excludes halogenated alkanes) is 1. The summed E-state index contributed by atoms with van der Waals surface area (Å²) in [4.78, 5) is 4.07. The van der Waals surface area contributed by atoms with E-state index in [0.717, 1.165) is 24.8 Å². The van der Waals surface area contributed by atoms with Gasteiger partial charge in [-0.2, -0.15) is 0 Å². The third-order valence-corrected chi connectivity index (χ3v) is 5.17. The minimum atomic E-state index is -1.14. The number of halogens is 2. The van der Waals surface area contributed by atoms with E-state index in [-0.39, 0.29) is 10.8 Å². The summed E-state index contributed by atoms with van der Waals surface area (Å²) in [5, 5.41) is 0.718. The average Bonchev–Trinajstić information content (AvgIpc) is 2.36. The molecule has 0 aliphatic rings. The van der Waals surface area contributed by atoms with Gasteiger partial charge in [-0.3, -0.25) is 0 Å². The van der Waals surface area contributed by atoms with Crippen molar-refractivity contribution in [1.29, 1.82) is 0 Å². The van der Waals surface area contributed by atoms with Crippen molar-refractivity contribution in [3.8, 4) is 0 Å². The van der Waals surface area contributed by atoms with Gasteiger partial charge in [0.1, 0.15) is 9.90 Å². The molecule has 0 aromatic carbocycles. The molecule has 0 spiro atoms. The zero-order valence-corrected chi connectivity index (χ0v) is 14.7. The minimum absolute atomic E-state index is 0.0303. The van der Waals surface area contributed by atoms with Crippen LogP contribution in [-0.2, 0) is 11.4 Å². The standard InChI is InChI=1S/C14H22Cl2N2OS/c1-5-6-7-12(18-20(19)14(2,3)4)10-8-11(15)13(16)17-9-10/h8-9,12,18H,5-7H2,1-4H3/t12-,20?/m1/s1. The monoisotopic (exact) mass is 336 g/mol. The molecule has 0 saturated carbocycles. The van der Waals surface area contributed by atoms with Crippen molar-refractivity contribution in [2.75, 3.05) is 0 Å². The quantitative estimate of drug-likeness (QED) is 0.606. The summed E-state index contributed by atoms with van der Waals surface area (Å²) >= 11 is 10.7. The highest BCUT2D eigenvalue weighted by atomic mass is 35.5. The van der Waals surface area contributed by atoms with Gasteiger partial charge in [-0.25, -0.2) is 4.98 Å². The van der Waals surface area contributed by atoms with Crippen LogP contribution < -0.4 is 4.72 Å². The Kier molecular flexibility index (Phi) is 7.09. The van der Waals surface area contributed by atoms with E-state index in [4.69, 9.17) is 23.2 Å². The highest BCUT2D eigenvalue weighted by Gasteiger charge is 2.29. The van der Waals surface area contributed by atoms with E-state index < -0.39 is 11.4 Å². The van der Waals surface area contributed by atoms with Crippen LogP contribution >= 0.6 is 23.2 Å². The predicted molar refractivity (Wildman–Crippen MR) is 87.6 cm³/mol. The first-order chi connectivity index (χ1) is 9.25. The Morgan fingerprint density at radius 2 is 2.05 bits per heavy atom. The van der Waals surface area contributed by atoms with Gasteiger partial charge < -0.3 is 4.55 Å². The number of nitrogens with one attached hydrogen (secondary N) is 1. The molecule has 1 unspecified atom stereocenters. The Labute approximate surface area is 134 Å². The number of pyridine rings is 1. The molecule has 2 atom stereocenters. The molecule has 1 rings (SSSR count). The van der Waals surface area contributed by atoms with Gasteiger partial charge in [-0.15, -0.1) is 4.72 Å². The second-order valence-corrected chi connectivity index (χ2v) is 8.50. The fraction of sp³-hybridized carbons (Fsp3) is 0.643. The molecule has 0 aliphatic carbocycles. The molecule has 1 aromatic heterocycles. The topological polar surface area (TPSA) is 48.0 Å². The van der Waals surface area contributed by atoms with Gasteiger partial charge in [0.2, 0.25) is 0 Å². The van der Waals surface area contributed by atoms with Gasteiger partial charge in [0.15, 0.2) is 0 Å². The molecule has 6 heteroatoms. The fourth-order valence-electron chi connectivity index (χ4n) is 1.63. The molecule has 1 N–H and O–H groups in total. The number of hydrogen-bond acceptors (Lipinski definition) is 3. The van der Waals surface area contributed by atoms with Crippen LogP contribution in [-0.4, -0.2) is 14.3 Å². The van der Waals surface area contributed by atoms with Crippen molar-refractivity contribution in [2.45, 2.75) is 57.7 Å². The van der Waals surface area contributed by atoms with Gasteiger partial charge in [-0.1, -0.05) is 43.0 Å². The van der Waals surface area contributed by atoms with E-state index in [2.05, 4.69) is 16.6 Å². The second kappa shape index (κ2) is 7.85. The maximum absolute atomic E-state index is 12.3. The molecule has 0 fully saturated rings. The molecule has 0 bridgehead atoms. The molecule has 0 radical (unpaired) electrons. The first kappa shape index (κ1) is 18.1. The third kappa shape index (κ3) is 5.41. The lowest BCUT2D eigenvalue weighted by molar-refractivity contribution is 0.502. The third-order valence-electron chi connectivity index (χ3n) is 2.87. The van der Waals surface area contributed by atoms with Gasteiger partial charge in [0.25, 0.3) is 0 Å². The zero-order valence-electron chi connectivity index (χ0n) is 12.4. The lowest BCUT2D eigenvalue weighted by Crippen LogP contribution is -2.41. The Morgan fingerprint density at radius 3 is 2.55 bits per heavy atom. The SMILES string of the molecule is CCCC[C@@H](N[S+]([O-])C(C)(C)C)c1cnc(Cl)c(Cl)c1. The van der Waals surface area contributed by atoms with Crippen molar-refractivity contribution >= 4 is 34.6 Å². The largest absolute Gasteiger partial charge is 0.598 e. The Balaban J connectivity index is 2.90. The van der Waals surface area contributed by atoms with Crippen molar-refractivity contribution in [1.82, 2.24) is 9.71 Å². The molecule has 0 saturated heterocycles. The number of nitrogens with zero attached hydrogens (tertiary/aromatic N) is 1. The van der Waals surface area contributed by atoms with Crippen LogP contribution in [0, 0.1) is 0 Å². The lowest BCUT2D eigenvalue weighted by Gasteiger charge is -2.28. The van der Waals surface area contributed by atoms with Crippen LogP contribution in [0.15, 0.2) is 12.3 Å². The summed E-state index contributed by atoms with van der Waals surface area (Å²) in [6.45, 7) is 7.96. The van der Waals surface area contributed by atoms with E-state index in [1.165, 1.54) is 0 Å². The van der Waals surface area contributed by atoms with Crippen molar-refractivity contribution < 1.29 is 4.55 Å². The van der Waals surface area contributed by atoms with Crippen LogP contribution in [0.5, 0.6) is 0 Å². The molecule has 20 heavy (non-hydrogen) atoms. The molecule has 0 aliphatic heterocycles. The van der Waals surface area contributed by atoms with Gasteiger partial charge >= 0.3 is 0 Å². The fourth-order valence-corrected chi connectivity index (χ4v) is 2.78. The maximum Gasteiger partial charge on any atom is 0.147 e.